The second-order valence-corrected chi connectivity index (χ2v) is 5.68. The molecule has 0 spiro atoms. The summed E-state index contributed by atoms with van der Waals surface area (Å²) in [4.78, 5) is 11.6. The first-order valence-corrected chi connectivity index (χ1v) is 7.43. The Balaban J connectivity index is 2.05. The highest BCUT2D eigenvalue weighted by Gasteiger charge is 2.12. The predicted octanol–water partition coefficient (Wildman–Crippen LogP) is 2.10. The molecule has 0 atom stereocenters. The van der Waals surface area contributed by atoms with Gasteiger partial charge >= 0.3 is 0 Å². The van der Waals surface area contributed by atoms with Gasteiger partial charge in [-0.3, -0.25) is 4.79 Å². The van der Waals surface area contributed by atoms with E-state index in [1.165, 1.54) is 11.8 Å². The van der Waals surface area contributed by atoms with Gasteiger partial charge in [0.1, 0.15) is 0 Å². The van der Waals surface area contributed by atoms with E-state index >= 15 is 0 Å². The molecule has 1 N–H and O–H groups in total. The summed E-state index contributed by atoms with van der Waals surface area (Å²) < 4.78 is 1.91. The van der Waals surface area contributed by atoms with Crippen LogP contribution in [0, 0.1) is 0 Å². The molecule has 0 radical (unpaired) electrons. The number of benzene rings is 1. The average Bonchev–Trinajstić information content (AvgIpc) is 2.78. The van der Waals surface area contributed by atoms with Crippen molar-refractivity contribution in [3.05, 3.63) is 30.3 Å². The summed E-state index contributed by atoms with van der Waals surface area (Å²) in [6, 6.07) is 10.0. The lowest BCUT2D eigenvalue weighted by molar-refractivity contribution is -0.119. The van der Waals surface area contributed by atoms with Crippen molar-refractivity contribution in [1.29, 1.82) is 0 Å². The van der Waals surface area contributed by atoms with E-state index in [4.69, 9.17) is 0 Å². The molecule has 20 heavy (non-hydrogen) atoms. The number of hydrogen-bond donors (Lipinski definition) is 1. The van der Waals surface area contributed by atoms with Gasteiger partial charge < -0.3 is 9.88 Å². The topological polar surface area (TPSA) is 59.8 Å². The Morgan fingerprint density at radius 3 is 2.65 bits per heavy atom. The van der Waals surface area contributed by atoms with Crippen molar-refractivity contribution in [3.63, 3.8) is 0 Å². The van der Waals surface area contributed by atoms with Crippen LogP contribution >= 0.6 is 11.8 Å². The summed E-state index contributed by atoms with van der Waals surface area (Å²) in [5, 5.41) is 11.9. The van der Waals surface area contributed by atoms with Crippen molar-refractivity contribution >= 4 is 17.7 Å². The third kappa shape index (κ3) is 3.60. The number of amides is 1. The molecule has 0 bridgehead atoms. The van der Waals surface area contributed by atoms with Crippen LogP contribution in [0.3, 0.4) is 0 Å². The van der Waals surface area contributed by atoms with Crippen LogP contribution in [-0.4, -0.2) is 32.5 Å². The molecule has 0 aliphatic rings. The van der Waals surface area contributed by atoms with Gasteiger partial charge in [-0.15, -0.1) is 10.2 Å². The Hall–Kier alpha value is -1.82. The zero-order valence-electron chi connectivity index (χ0n) is 11.8. The van der Waals surface area contributed by atoms with Crippen molar-refractivity contribution in [1.82, 2.24) is 20.1 Å². The highest BCUT2D eigenvalue weighted by Crippen LogP contribution is 2.22. The number of rotatable bonds is 5. The molecule has 1 aromatic heterocycles. The quantitative estimate of drug-likeness (QED) is 0.857. The Kier molecular flexibility index (Phi) is 4.79. The van der Waals surface area contributed by atoms with Gasteiger partial charge in [0, 0.05) is 18.7 Å². The maximum atomic E-state index is 11.6. The van der Waals surface area contributed by atoms with Gasteiger partial charge in [-0.05, 0) is 13.8 Å². The largest absolute Gasteiger partial charge is 0.353 e. The van der Waals surface area contributed by atoms with E-state index in [1.807, 2.05) is 55.8 Å². The van der Waals surface area contributed by atoms with Gasteiger partial charge in [0.05, 0.1) is 5.75 Å². The minimum Gasteiger partial charge on any atom is -0.353 e. The molecular formula is C14H18N4OS. The van der Waals surface area contributed by atoms with Gasteiger partial charge in [-0.1, -0.05) is 42.1 Å². The van der Waals surface area contributed by atoms with Crippen LogP contribution in [0.25, 0.3) is 11.4 Å². The number of nitrogens with zero attached hydrogens (tertiary/aromatic N) is 3. The summed E-state index contributed by atoms with van der Waals surface area (Å²) >= 11 is 1.39. The summed E-state index contributed by atoms with van der Waals surface area (Å²) in [6.45, 7) is 3.89. The van der Waals surface area contributed by atoms with E-state index in [0.29, 0.717) is 5.75 Å². The molecule has 0 aliphatic carbocycles. The number of carbonyl (C=O) groups excluding carboxylic acids is 1. The predicted molar refractivity (Wildman–Crippen MR) is 80.4 cm³/mol. The molecule has 2 rings (SSSR count). The maximum Gasteiger partial charge on any atom is 0.230 e. The maximum absolute atomic E-state index is 11.6. The fraction of sp³-hybridized carbons (Fsp3) is 0.357. The second kappa shape index (κ2) is 6.56. The fourth-order valence-electron chi connectivity index (χ4n) is 1.77. The number of hydrogen-bond acceptors (Lipinski definition) is 4. The zero-order chi connectivity index (χ0) is 14.5. The molecule has 1 amide bonds. The van der Waals surface area contributed by atoms with Gasteiger partial charge in [-0.25, -0.2) is 0 Å². The number of thioether (sulfide) groups is 1. The molecule has 0 saturated heterocycles. The van der Waals surface area contributed by atoms with Crippen LogP contribution in [0.2, 0.25) is 0 Å². The molecule has 5 nitrogen and oxygen atoms in total. The van der Waals surface area contributed by atoms with Crippen LogP contribution in [0.15, 0.2) is 35.5 Å². The fourth-order valence-corrected chi connectivity index (χ4v) is 2.50. The van der Waals surface area contributed by atoms with Gasteiger partial charge in [-0.2, -0.15) is 0 Å². The third-order valence-corrected chi connectivity index (χ3v) is 3.67. The van der Waals surface area contributed by atoms with Crippen LogP contribution in [0.4, 0.5) is 0 Å². The van der Waals surface area contributed by atoms with Crippen molar-refractivity contribution in [3.8, 4) is 11.4 Å². The Labute approximate surface area is 122 Å². The Morgan fingerprint density at radius 2 is 2.00 bits per heavy atom. The number of carbonyl (C=O) groups is 1. The summed E-state index contributed by atoms with van der Waals surface area (Å²) in [5.74, 6) is 1.16. The van der Waals surface area contributed by atoms with Crippen LogP contribution in [0.1, 0.15) is 13.8 Å². The molecule has 6 heteroatoms. The molecule has 1 aromatic carbocycles. The van der Waals surface area contributed by atoms with E-state index in [0.717, 1.165) is 16.5 Å². The van der Waals surface area contributed by atoms with E-state index < -0.39 is 0 Å². The van der Waals surface area contributed by atoms with Gasteiger partial charge in [0.25, 0.3) is 0 Å². The highest BCUT2D eigenvalue weighted by atomic mass is 32.2. The summed E-state index contributed by atoms with van der Waals surface area (Å²) in [7, 11) is 1.91. The molecule has 0 saturated carbocycles. The molecular weight excluding hydrogens is 272 g/mol. The SMILES string of the molecule is CC(C)NC(=O)CSc1nnc(-c2ccccc2)n1C. The molecule has 0 unspecified atom stereocenters. The van der Waals surface area contributed by atoms with Gasteiger partial charge in [0.15, 0.2) is 11.0 Å². The monoisotopic (exact) mass is 290 g/mol. The first-order valence-electron chi connectivity index (χ1n) is 6.45. The smallest absolute Gasteiger partial charge is 0.230 e. The zero-order valence-corrected chi connectivity index (χ0v) is 12.6. The minimum absolute atomic E-state index is 0.00858. The minimum atomic E-state index is 0.00858. The Morgan fingerprint density at radius 1 is 1.30 bits per heavy atom. The molecule has 1 heterocycles. The average molecular weight is 290 g/mol. The normalized spacial score (nSPS) is 10.8. The highest BCUT2D eigenvalue weighted by molar-refractivity contribution is 7.99. The van der Waals surface area contributed by atoms with Crippen molar-refractivity contribution in [2.75, 3.05) is 5.75 Å². The molecule has 106 valence electrons. The summed E-state index contributed by atoms with van der Waals surface area (Å²) in [5.41, 5.74) is 1.01. The first kappa shape index (κ1) is 14.6. The van der Waals surface area contributed by atoms with E-state index in [9.17, 15) is 4.79 Å². The third-order valence-electron chi connectivity index (χ3n) is 2.65. The lowest BCUT2D eigenvalue weighted by atomic mass is 10.2. The number of nitrogens with one attached hydrogen (secondary N) is 1. The van der Waals surface area contributed by atoms with Crippen LogP contribution < -0.4 is 5.32 Å². The summed E-state index contributed by atoms with van der Waals surface area (Å²) in [6.07, 6.45) is 0. The standard InChI is InChI=1S/C14H18N4OS/c1-10(2)15-12(19)9-20-14-17-16-13(18(14)3)11-7-5-4-6-8-11/h4-8,10H,9H2,1-3H3,(H,15,19). The second-order valence-electron chi connectivity index (χ2n) is 4.74. The van der Waals surface area contributed by atoms with Gasteiger partial charge in [0.2, 0.25) is 5.91 Å². The van der Waals surface area contributed by atoms with Crippen molar-refractivity contribution in [2.45, 2.75) is 25.0 Å². The van der Waals surface area contributed by atoms with E-state index in [2.05, 4.69) is 15.5 Å². The van der Waals surface area contributed by atoms with E-state index in [-0.39, 0.29) is 11.9 Å². The first-order chi connectivity index (χ1) is 9.58. The van der Waals surface area contributed by atoms with Crippen molar-refractivity contribution in [2.24, 2.45) is 7.05 Å². The van der Waals surface area contributed by atoms with E-state index in [1.54, 1.807) is 0 Å². The lowest BCUT2D eigenvalue weighted by Crippen LogP contribution is -2.31. The number of aromatic nitrogens is 3. The lowest BCUT2D eigenvalue weighted by Gasteiger charge is -2.07. The molecule has 0 aliphatic heterocycles. The van der Waals surface area contributed by atoms with Crippen LogP contribution in [0.5, 0.6) is 0 Å². The van der Waals surface area contributed by atoms with Crippen LogP contribution in [-0.2, 0) is 11.8 Å². The molecule has 0 fully saturated rings. The molecule has 2 aromatic rings. The Bertz CT molecular complexity index is 580. The van der Waals surface area contributed by atoms with Crippen molar-refractivity contribution < 1.29 is 4.79 Å².